The summed E-state index contributed by atoms with van der Waals surface area (Å²) in [6.45, 7) is 3.16. The molecule has 2 aliphatic heterocycles. The van der Waals surface area contributed by atoms with Gasteiger partial charge in [0.15, 0.2) is 0 Å². The summed E-state index contributed by atoms with van der Waals surface area (Å²) in [4.78, 5) is 14.2. The first-order valence-corrected chi connectivity index (χ1v) is 6.93. The molecule has 2 aliphatic rings. The Hall–Kier alpha value is -0.220. The standard InChI is InChI=1S/C11H20N2OS/c1-8-3-5-12-10(8)11(14)13(2)9-4-6-15-7-9/h8-10,12H,3-7H2,1-2H3. The molecule has 0 saturated carbocycles. The van der Waals surface area contributed by atoms with Gasteiger partial charge in [-0.1, -0.05) is 6.92 Å². The fourth-order valence-corrected chi connectivity index (χ4v) is 3.66. The molecule has 0 aromatic rings. The largest absolute Gasteiger partial charge is 0.341 e. The first kappa shape index (κ1) is 11.3. The van der Waals surface area contributed by atoms with Crippen LogP contribution in [0.3, 0.4) is 0 Å². The number of thioether (sulfide) groups is 1. The fraction of sp³-hybridized carbons (Fsp3) is 0.909. The average molecular weight is 228 g/mol. The molecule has 1 amide bonds. The van der Waals surface area contributed by atoms with Crippen molar-refractivity contribution in [2.45, 2.75) is 31.8 Å². The van der Waals surface area contributed by atoms with Gasteiger partial charge in [0, 0.05) is 18.8 Å². The Morgan fingerprint density at radius 1 is 1.47 bits per heavy atom. The molecule has 2 fully saturated rings. The van der Waals surface area contributed by atoms with Gasteiger partial charge in [0.2, 0.25) is 5.91 Å². The number of hydrogen-bond acceptors (Lipinski definition) is 3. The van der Waals surface area contributed by atoms with Gasteiger partial charge in [-0.3, -0.25) is 4.79 Å². The third-order valence-electron chi connectivity index (χ3n) is 3.60. The van der Waals surface area contributed by atoms with Crippen LogP contribution in [0.5, 0.6) is 0 Å². The van der Waals surface area contributed by atoms with E-state index in [1.807, 2.05) is 23.7 Å². The highest BCUT2D eigenvalue weighted by Gasteiger charge is 2.34. The lowest BCUT2D eigenvalue weighted by Crippen LogP contribution is -2.48. The Morgan fingerprint density at radius 2 is 2.27 bits per heavy atom. The number of rotatable bonds is 2. The number of nitrogens with zero attached hydrogens (tertiary/aromatic N) is 1. The van der Waals surface area contributed by atoms with Crippen LogP contribution in [0, 0.1) is 5.92 Å². The summed E-state index contributed by atoms with van der Waals surface area (Å²) >= 11 is 1.96. The lowest BCUT2D eigenvalue weighted by molar-refractivity contribution is -0.134. The SMILES string of the molecule is CC1CCNC1C(=O)N(C)C1CCSC1. The average Bonchev–Trinajstić information content (AvgIpc) is 2.85. The summed E-state index contributed by atoms with van der Waals surface area (Å²) in [5.41, 5.74) is 0. The van der Waals surface area contributed by atoms with E-state index in [-0.39, 0.29) is 6.04 Å². The fourth-order valence-electron chi connectivity index (χ4n) is 2.39. The Morgan fingerprint density at radius 3 is 2.80 bits per heavy atom. The quantitative estimate of drug-likeness (QED) is 0.764. The van der Waals surface area contributed by atoms with Gasteiger partial charge in [-0.05, 0) is 31.1 Å². The van der Waals surface area contributed by atoms with Crippen molar-refractivity contribution in [3.05, 3.63) is 0 Å². The van der Waals surface area contributed by atoms with Crippen molar-refractivity contribution in [3.8, 4) is 0 Å². The van der Waals surface area contributed by atoms with Crippen LogP contribution in [-0.2, 0) is 4.79 Å². The minimum atomic E-state index is 0.0700. The number of carbonyl (C=O) groups is 1. The molecule has 1 N–H and O–H groups in total. The van der Waals surface area contributed by atoms with Crippen molar-refractivity contribution in [1.82, 2.24) is 10.2 Å². The molecule has 2 rings (SSSR count). The number of hydrogen-bond donors (Lipinski definition) is 1. The molecule has 86 valence electrons. The van der Waals surface area contributed by atoms with Crippen LogP contribution in [0.1, 0.15) is 19.8 Å². The van der Waals surface area contributed by atoms with Crippen LogP contribution >= 0.6 is 11.8 Å². The van der Waals surface area contributed by atoms with E-state index in [9.17, 15) is 4.79 Å². The molecular weight excluding hydrogens is 208 g/mol. The smallest absolute Gasteiger partial charge is 0.240 e. The van der Waals surface area contributed by atoms with E-state index in [0.717, 1.165) is 25.1 Å². The van der Waals surface area contributed by atoms with Crippen LogP contribution in [0.4, 0.5) is 0 Å². The number of nitrogens with one attached hydrogen (secondary N) is 1. The monoisotopic (exact) mass is 228 g/mol. The summed E-state index contributed by atoms with van der Waals surface area (Å²) in [6, 6.07) is 0.540. The third kappa shape index (κ3) is 2.31. The van der Waals surface area contributed by atoms with E-state index in [0.29, 0.717) is 17.9 Å². The first-order valence-electron chi connectivity index (χ1n) is 5.78. The molecular formula is C11H20N2OS. The van der Waals surface area contributed by atoms with Gasteiger partial charge >= 0.3 is 0 Å². The number of amides is 1. The van der Waals surface area contributed by atoms with Gasteiger partial charge in [-0.15, -0.1) is 0 Å². The zero-order valence-electron chi connectivity index (χ0n) is 9.53. The predicted molar refractivity (Wildman–Crippen MR) is 64.1 cm³/mol. The van der Waals surface area contributed by atoms with E-state index < -0.39 is 0 Å². The molecule has 15 heavy (non-hydrogen) atoms. The number of likely N-dealkylation sites (N-methyl/N-ethyl adjacent to an activating group) is 1. The molecule has 0 aliphatic carbocycles. The van der Waals surface area contributed by atoms with Gasteiger partial charge in [-0.2, -0.15) is 11.8 Å². The minimum Gasteiger partial charge on any atom is -0.341 e. The zero-order valence-corrected chi connectivity index (χ0v) is 10.3. The van der Waals surface area contributed by atoms with Crippen molar-refractivity contribution in [2.75, 3.05) is 25.1 Å². The summed E-state index contributed by atoms with van der Waals surface area (Å²) in [5.74, 6) is 3.11. The predicted octanol–water partition coefficient (Wildman–Crippen LogP) is 0.948. The zero-order chi connectivity index (χ0) is 10.8. The van der Waals surface area contributed by atoms with Crippen molar-refractivity contribution in [1.29, 1.82) is 0 Å². The van der Waals surface area contributed by atoms with E-state index >= 15 is 0 Å². The Bertz CT molecular complexity index is 241. The number of carbonyl (C=O) groups excluding carboxylic acids is 1. The summed E-state index contributed by atoms with van der Waals surface area (Å²) in [5, 5.41) is 3.31. The summed E-state index contributed by atoms with van der Waals surface area (Å²) < 4.78 is 0. The molecule has 0 aromatic heterocycles. The van der Waals surface area contributed by atoms with Crippen molar-refractivity contribution in [3.63, 3.8) is 0 Å². The highest BCUT2D eigenvalue weighted by molar-refractivity contribution is 7.99. The highest BCUT2D eigenvalue weighted by Crippen LogP contribution is 2.24. The molecule has 2 heterocycles. The normalized spacial score (nSPS) is 35.7. The summed E-state index contributed by atoms with van der Waals surface area (Å²) in [6.07, 6.45) is 2.29. The molecule has 0 bridgehead atoms. The molecule has 2 saturated heterocycles. The minimum absolute atomic E-state index is 0.0700. The maximum absolute atomic E-state index is 12.2. The molecule has 3 atom stereocenters. The van der Waals surface area contributed by atoms with Crippen LogP contribution in [0.25, 0.3) is 0 Å². The van der Waals surface area contributed by atoms with Crippen molar-refractivity contribution in [2.24, 2.45) is 5.92 Å². The van der Waals surface area contributed by atoms with Crippen LogP contribution in [-0.4, -0.2) is 48.0 Å². The highest BCUT2D eigenvalue weighted by atomic mass is 32.2. The first-order chi connectivity index (χ1) is 7.20. The second-order valence-corrected chi connectivity index (χ2v) is 5.81. The van der Waals surface area contributed by atoms with E-state index in [1.54, 1.807) is 0 Å². The maximum atomic E-state index is 12.2. The Balaban J connectivity index is 1.94. The van der Waals surface area contributed by atoms with Crippen molar-refractivity contribution < 1.29 is 4.79 Å². The van der Waals surface area contributed by atoms with Crippen LogP contribution in [0.2, 0.25) is 0 Å². The molecule has 3 nitrogen and oxygen atoms in total. The lowest BCUT2D eigenvalue weighted by atomic mass is 10.0. The van der Waals surface area contributed by atoms with E-state index in [1.165, 1.54) is 5.75 Å². The molecule has 3 unspecified atom stereocenters. The van der Waals surface area contributed by atoms with E-state index in [2.05, 4.69) is 12.2 Å². The Labute approximate surface area is 96.0 Å². The maximum Gasteiger partial charge on any atom is 0.240 e. The van der Waals surface area contributed by atoms with Gasteiger partial charge < -0.3 is 10.2 Å². The van der Waals surface area contributed by atoms with Gasteiger partial charge in [0.25, 0.3) is 0 Å². The van der Waals surface area contributed by atoms with E-state index in [4.69, 9.17) is 0 Å². The Kier molecular flexibility index (Phi) is 3.57. The lowest BCUT2D eigenvalue weighted by Gasteiger charge is -2.28. The van der Waals surface area contributed by atoms with Crippen LogP contribution in [0.15, 0.2) is 0 Å². The second-order valence-electron chi connectivity index (χ2n) is 4.66. The van der Waals surface area contributed by atoms with Gasteiger partial charge in [0.1, 0.15) is 0 Å². The third-order valence-corrected chi connectivity index (χ3v) is 4.74. The summed E-state index contributed by atoms with van der Waals surface area (Å²) in [7, 11) is 1.96. The molecule has 0 aromatic carbocycles. The topological polar surface area (TPSA) is 32.3 Å². The van der Waals surface area contributed by atoms with Crippen LogP contribution < -0.4 is 5.32 Å². The van der Waals surface area contributed by atoms with Gasteiger partial charge in [0.05, 0.1) is 6.04 Å². The molecule has 0 spiro atoms. The van der Waals surface area contributed by atoms with Gasteiger partial charge in [-0.25, -0.2) is 0 Å². The van der Waals surface area contributed by atoms with Crippen molar-refractivity contribution >= 4 is 17.7 Å². The molecule has 4 heteroatoms. The second kappa shape index (κ2) is 4.74. The molecule has 0 radical (unpaired) electrons.